The highest BCUT2D eigenvalue weighted by Gasteiger charge is 2.32. The molecule has 424 valence electrons. The van der Waals surface area contributed by atoms with Crippen molar-refractivity contribution in [2.75, 3.05) is 39.6 Å². The van der Waals surface area contributed by atoms with Gasteiger partial charge in [-0.25, -0.2) is 9.59 Å². The lowest BCUT2D eigenvalue weighted by Crippen LogP contribution is -2.27. The van der Waals surface area contributed by atoms with E-state index < -0.39 is 23.5 Å². The Morgan fingerprint density at radius 2 is 0.868 bits per heavy atom. The number of esters is 3. The normalized spacial score (nSPS) is 12.0. The molecule has 3 aromatic carbocycles. The lowest BCUT2D eigenvalue weighted by molar-refractivity contribution is -0.161. The molecule has 3 rings (SSSR count). The van der Waals surface area contributed by atoms with E-state index in [9.17, 15) is 19.5 Å². The summed E-state index contributed by atoms with van der Waals surface area (Å²) in [5, 5.41) is 9.85. The molecular weight excluding hydrogens is 961 g/mol. The van der Waals surface area contributed by atoms with E-state index in [-0.39, 0.29) is 24.1 Å². The van der Waals surface area contributed by atoms with Crippen molar-refractivity contribution in [3.8, 4) is 40.2 Å². The van der Waals surface area contributed by atoms with Crippen LogP contribution < -0.4 is 33.2 Å². The third-order valence-electron chi connectivity index (χ3n) is 13.2. The van der Waals surface area contributed by atoms with Crippen LogP contribution in [0.25, 0.3) is 12.2 Å². The smallest absolute Gasteiger partial charge is 0.336 e. The van der Waals surface area contributed by atoms with Crippen molar-refractivity contribution in [1.82, 2.24) is 0 Å². The van der Waals surface area contributed by atoms with Crippen LogP contribution in [0.1, 0.15) is 226 Å². The summed E-state index contributed by atoms with van der Waals surface area (Å²) in [5.41, 5.74) is 1.21. The Balaban J connectivity index is 1.87. The molecule has 0 fully saturated rings. The molecule has 0 spiro atoms. The standard InChI is InChI=1S/C64H96O12/c1-9-15-20-25-45-69-56-41-33-51(60(71-47-27-22-17-11-3)62(56)73-49-29-24-19-13-5)35-43-58(67)75-53-38-36-52(37-39-53)74-57(66)42-34-50-32-40-54(55(31-30-44-65)76-63(68)64(7,8)14-6)61(72-48-28-23-18-12-4)59(50)70-46-26-21-16-10-2/h32-43,55,65H,9-31,44-49H2,1-8H3/b42-34+,43-35+. The predicted molar refractivity (Wildman–Crippen MR) is 306 cm³/mol. The van der Waals surface area contributed by atoms with Crippen LogP contribution in [-0.2, 0) is 19.1 Å². The average molecular weight is 1060 g/mol. The van der Waals surface area contributed by atoms with E-state index in [4.69, 9.17) is 37.9 Å². The second-order valence-corrected chi connectivity index (χ2v) is 20.2. The van der Waals surface area contributed by atoms with Gasteiger partial charge in [0.25, 0.3) is 0 Å². The van der Waals surface area contributed by atoms with Crippen LogP contribution in [0.2, 0.25) is 0 Å². The predicted octanol–water partition coefficient (Wildman–Crippen LogP) is 16.5. The monoisotopic (exact) mass is 1060 g/mol. The maximum absolute atomic E-state index is 13.5. The SMILES string of the molecule is CCCCCCOc1ccc(/C=C/C(=O)Oc2ccc(OC(=O)/C=C/c3ccc(C(CCCO)OC(=O)C(C)(C)CC)c(OCCCCCC)c3OCCCCCC)cc2)c(OCCCCCC)c1OCCCCCC. The van der Waals surface area contributed by atoms with Gasteiger partial charge in [0, 0.05) is 35.4 Å². The second-order valence-electron chi connectivity index (χ2n) is 20.2. The van der Waals surface area contributed by atoms with Gasteiger partial charge in [-0.2, -0.15) is 0 Å². The lowest BCUT2D eigenvalue weighted by atomic mass is 9.90. The Labute approximate surface area is 457 Å². The van der Waals surface area contributed by atoms with Gasteiger partial charge in [-0.15, -0.1) is 0 Å². The van der Waals surface area contributed by atoms with Gasteiger partial charge in [-0.1, -0.05) is 150 Å². The maximum Gasteiger partial charge on any atom is 0.336 e. The third-order valence-corrected chi connectivity index (χ3v) is 13.2. The van der Waals surface area contributed by atoms with Gasteiger partial charge in [-0.3, -0.25) is 4.79 Å². The zero-order valence-electron chi connectivity index (χ0n) is 47.9. The van der Waals surface area contributed by atoms with Gasteiger partial charge in [0.2, 0.25) is 5.75 Å². The molecule has 0 aromatic heterocycles. The zero-order valence-corrected chi connectivity index (χ0v) is 47.9. The van der Waals surface area contributed by atoms with E-state index >= 15 is 0 Å². The van der Waals surface area contributed by atoms with Crippen molar-refractivity contribution >= 4 is 30.1 Å². The van der Waals surface area contributed by atoms with Crippen LogP contribution in [0.15, 0.2) is 60.7 Å². The average Bonchev–Trinajstić information content (AvgIpc) is 3.41. The molecule has 0 amide bonds. The van der Waals surface area contributed by atoms with Gasteiger partial charge in [0.15, 0.2) is 23.0 Å². The van der Waals surface area contributed by atoms with E-state index in [1.165, 1.54) is 12.2 Å². The number of hydrogen-bond acceptors (Lipinski definition) is 12. The molecule has 0 aliphatic heterocycles. The molecule has 3 aromatic rings. The Hall–Kier alpha value is -5.49. The minimum atomic E-state index is -0.707. The molecular formula is C64H96O12. The van der Waals surface area contributed by atoms with E-state index in [2.05, 4.69) is 34.6 Å². The van der Waals surface area contributed by atoms with Gasteiger partial charge in [-0.05, 0) is 114 Å². The largest absolute Gasteiger partial charge is 0.490 e. The molecule has 0 saturated heterocycles. The molecule has 76 heavy (non-hydrogen) atoms. The minimum Gasteiger partial charge on any atom is -0.490 e. The Morgan fingerprint density at radius 1 is 0.474 bits per heavy atom. The van der Waals surface area contributed by atoms with Crippen molar-refractivity contribution in [2.45, 2.75) is 209 Å². The third kappa shape index (κ3) is 24.7. The second kappa shape index (κ2) is 39.0. The van der Waals surface area contributed by atoms with Crippen molar-refractivity contribution in [3.63, 3.8) is 0 Å². The quantitative estimate of drug-likeness (QED) is 0.0249. The number of hydrogen-bond donors (Lipinski definition) is 1. The number of carbonyl (C=O) groups excluding carboxylic acids is 3. The van der Waals surface area contributed by atoms with Crippen molar-refractivity contribution in [2.24, 2.45) is 5.41 Å². The first-order valence-corrected chi connectivity index (χ1v) is 29.2. The Morgan fingerprint density at radius 3 is 1.29 bits per heavy atom. The fourth-order valence-electron chi connectivity index (χ4n) is 8.07. The molecule has 12 heteroatoms. The Kier molecular flexibility index (Phi) is 33.2. The summed E-state index contributed by atoms with van der Waals surface area (Å²) in [6, 6.07) is 13.7. The topological polar surface area (TPSA) is 145 Å². The highest BCUT2D eigenvalue weighted by molar-refractivity contribution is 5.90. The first-order chi connectivity index (χ1) is 37.0. The molecule has 0 aliphatic rings. The fraction of sp³-hybridized carbons (Fsp3) is 0.609. The van der Waals surface area contributed by atoms with Crippen molar-refractivity contribution in [1.29, 1.82) is 0 Å². The number of rotatable bonds is 43. The number of aliphatic hydroxyl groups is 1. The highest BCUT2D eigenvalue weighted by atomic mass is 16.6. The van der Waals surface area contributed by atoms with Crippen molar-refractivity contribution in [3.05, 3.63) is 77.4 Å². The number of unbranched alkanes of at least 4 members (excludes halogenated alkanes) is 15. The molecule has 0 bridgehead atoms. The van der Waals surface area contributed by atoms with Gasteiger partial charge >= 0.3 is 17.9 Å². The minimum absolute atomic E-state index is 0.0637. The molecule has 0 aliphatic carbocycles. The molecule has 12 nitrogen and oxygen atoms in total. The number of carbonyl (C=O) groups is 3. The summed E-state index contributed by atoms with van der Waals surface area (Å²) in [4.78, 5) is 40.2. The van der Waals surface area contributed by atoms with Crippen LogP contribution in [0.5, 0.6) is 40.2 Å². The van der Waals surface area contributed by atoms with Crippen LogP contribution in [0, 0.1) is 5.41 Å². The van der Waals surface area contributed by atoms with Crippen LogP contribution >= 0.6 is 0 Å². The van der Waals surface area contributed by atoms with Crippen molar-refractivity contribution < 1.29 is 57.4 Å². The summed E-state index contributed by atoms with van der Waals surface area (Å²) in [6.07, 6.45) is 27.4. The zero-order chi connectivity index (χ0) is 55.2. The summed E-state index contributed by atoms with van der Waals surface area (Å²) < 4.78 is 49.8. The number of ether oxygens (including phenoxy) is 8. The van der Waals surface area contributed by atoms with Gasteiger partial charge in [0.1, 0.15) is 17.6 Å². The van der Waals surface area contributed by atoms with E-state index in [1.54, 1.807) is 36.4 Å². The summed E-state index contributed by atoms with van der Waals surface area (Å²) in [6.45, 7) is 18.9. The van der Waals surface area contributed by atoms with E-state index in [0.29, 0.717) is 97.7 Å². The number of aliphatic hydroxyl groups excluding tert-OH is 1. The maximum atomic E-state index is 13.5. The van der Waals surface area contributed by atoms with Crippen LogP contribution in [0.3, 0.4) is 0 Å². The van der Waals surface area contributed by atoms with Crippen LogP contribution in [0.4, 0.5) is 0 Å². The Bertz CT molecular complexity index is 2140. The fourth-order valence-corrected chi connectivity index (χ4v) is 8.07. The summed E-state index contributed by atoms with van der Waals surface area (Å²) >= 11 is 0. The highest BCUT2D eigenvalue weighted by Crippen LogP contribution is 2.44. The molecule has 0 radical (unpaired) electrons. The summed E-state index contributed by atoms with van der Waals surface area (Å²) in [7, 11) is 0. The molecule has 0 heterocycles. The summed E-state index contributed by atoms with van der Waals surface area (Å²) in [5.74, 6) is 1.61. The lowest BCUT2D eigenvalue weighted by Gasteiger charge is -2.28. The molecule has 1 unspecified atom stereocenters. The molecule has 0 saturated carbocycles. The van der Waals surface area contributed by atoms with Gasteiger partial charge in [0.05, 0.1) is 38.4 Å². The van der Waals surface area contributed by atoms with Gasteiger partial charge < -0.3 is 43.0 Å². The molecule has 1 atom stereocenters. The number of benzene rings is 3. The first-order valence-electron chi connectivity index (χ1n) is 29.2. The first kappa shape index (κ1) is 64.8. The van der Waals surface area contributed by atoms with E-state index in [0.717, 1.165) is 128 Å². The van der Waals surface area contributed by atoms with Crippen LogP contribution in [-0.4, -0.2) is 62.7 Å². The molecule has 1 N–H and O–H groups in total. The van der Waals surface area contributed by atoms with E-state index in [1.807, 2.05) is 45.0 Å².